The molecular weight excluding hydrogens is 269 g/mol. The molecule has 1 amide bonds. The molecule has 0 spiro atoms. The Labute approximate surface area is 113 Å². The second-order valence-corrected chi connectivity index (χ2v) is 4.20. The summed E-state index contributed by atoms with van der Waals surface area (Å²) < 4.78 is 38.3. The molecule has 0 aliphatic rings. The van der Waals surface area contributed by atoms with E-state index in [9.17, 15) is 18.0 Å². The number of amides is 1. The number of hydrogen-bond acceptors (Lipinski definition) is 2. The molecule has 0 saturated carbocycles. The first-order valence-corrected chi connectivity index (χ1v) is 5.78. The third kappa shape index (κ3) is 3.14. The highest BCUT2D eigenvalue weighted by Crippen LogP contribution is 2.32. The van der Waals surface area contributed by atoms with E-state index in [1.807, 2.05) is 0 Å². The van der Waals surface area contributed by atoms with Gasteiger partial charge in [-0.2, -0.15) is 13.2 Å². The van der Waals surface area contributed by atoms with E-state index in [1.54, 1.807) is 18.2 Å². The lowest BCUT2D eigenvalue weighted by Crippen LogP contribution is -2.15. The molecule has 20 heavy (non-hydrogen) atoms. The fraction of sp³-hybridized carbons (Fsp3) is 0.143. The van der Waals surface area contributed by atoms with Crippen LogP contribution in [0.3, 0.4) is 0 Å². The number of aromatic nitrogens is 1. The van der Waals surface area contributed by atoms with Gasteiger partial charge in [0.1, 0.15) is 5.82 Å². The first-order valence-electron chi connectivity index (χ1n) is 5.78. The van der Waals surface area contributed by atoms with Gasteiger partial charge in [-0.15, -0.1) is 0 Å². The summed E-state index contributed by atoms with van der Waals surface area (Å²) in [4.78, 5) is 15.8. The molecule has 2 aromatic rings. The minimum atomic E-state index is -4.48. The third-order valence-corrected chi connectivity index (χ3v) is 2.71. The molecule has 3 nitrogen and oxygen atoms in total. The number of hydrogen-bond donors (Lipinski definition) is 1. The first-order chi connectivity index (χ1) is 9.38. The lowest BCUT2D eigenvalue weighted by molar-refractivity contribution is -0.138. The smallest absolute Gasteiger partial charge is 0.307 e. The molecule has 0 aliphatic heterocycles. The topological polar surface area (TPSA) is 42.0 Å². The lowest BCUT2D eigenvalue weighted by Gasteiger charge is -2.12. The average Bonchev–Trinajstić information content (AvgIpc) is 2.39. The maximum atomic E-state index is 12.8. The SMILES string of the molecule is Cc1ccc(C(=O)Nc2ccccn2)cc1C(F)(F)F. The van der Waals surface area contributed by atoms with E-state index in [0.717, 1.165) is 6.07 Å². The van der Waals surface area contributed by atoms with Crippen LogP contribution in [0.5, 0.6) is 0 Å². The number of carbonyl (C=O) groups is 1. The number of anilines is 1. The lowest BCUT2D eigenvalue weighted by atomic mass is 10.0. The van der Waals surface area contributed by atoms with Gasteiger partial charge in [0.05, 0.1) is 5.56 Å². The molecular formula is C14H11F3N2O. The molecule has 0 saturated heterocycles. The zero-order valence-electron chi connectivity index (χ0n) is 10.5. The van der Waals surface area contributed by atoms with Crippen LogP contribution in [-0.4, -0.2) is 10.9 Å². The highest BCUT2D eigenvalue weighted by atomic mass is 19.4. The fourth-order valence-electron chi connectivity index (χ4n) is 1.69. The van der Waals surface area contributed by atoms with Crippen molar-refractivity contribution in [1.82, 2.24) is 4.98 Å². The molecule has 1 aromatic carbocycles. The van der Waals surface area contributed by atoms with Crippen LogP contribution < -0.4 is 5.32 Å². The molecule has 104 valence electrons. The van der Waals surface area contributed by atoms with E-state index in [1.165, 1.54) is 25.3 Å². The van der Waals surface area contributed by atoms with E-state index in [-0.39, 0.29) is 16.9 Å². The van der Waals surface area contributed by atoms with Crippen molar-refractivity contribution in [2.75, 3.05) is 5.32 Å². The molecule has 0 atom stereocenters. The summed E-state index contributed by atoms with van der Waals surface area (Å²) in [5.41, 5.74) is -0.799. The van der Waals surface area contributed by atoms with E-state index in [0.29, 0.717) is 0 Å². The van der Waals surface area contributed by atoms with E-state index < -0.39 is 17.6 Å². The van der Waals surface area contributed by atoms with Gasteiger partial charge < -0.3 is 5.32 Å². The average molecular weight is 280 g/mol. The zero-order chi connectivity index (χ0) is 14.8. The van der Waals surface area contributed by atoms with E-state index >= 15 is 0 Å². The van der Waals surface area contributed by atoms with Gasteiger partial charge in [-0.3, -0.25) is 4.79 Å². The van der Waals surface area contributed by atoms with Crippen LogP contribution in [0.4, 0.5) is 19.0 Å². The number of pyridine rings is 1. The number of rotatable bonds is 2. The Kier molecular flexibility index (Phi) is 3.74. The molecule has 2 rings (SSSR count). The van der Waals surface area contributed by atoms with Crippen LogP contribution in [0.15, 0.2) is 42.6 Å². The highest BCUT2D eigenvalue weighted by Gasteiger charge is 2.32. The molecule has 6 heteroatoms. The number of alkyl halides is 3. The van der Waals surface area contributed by atoms with Crippen LogP contribution in [0.2, 0.25) is 0 Å². The maximum absolute atomic E-state index is 12.8. The summed E-state index contributed by atoms with van der Waals surface area (Å²) in [5.74, 6) is -0.346. The number of halogens is 3. The summed E-state index contributed by atoms with van der Waals surface area (Å²) in [6.07, 6.45) is -3.00. The van der Waals surface area contributed by atoms with Gasteiger partial charge in [-0.05, 0) is 36.8 Å². The van der Waals surface area contributed by atoms with Crippen molar-refractivity contribution < 1.29 is 18.0 Å². The van der Waals surface area contributed by atoms with Crippen molar-refractivity contribution in [3.05, 3.63) is 59.3 Å². The number of nitrogens with zero attached hydrogens (tertiary/aromatic N) is 1. The standard InChI is InChI=1S/C14H11F3N2O/c1-9-5-6-10(8-11(9)14(15,16)17)13(20)19-12-4-2-3-7-18-12/h2-8H,1H3,(H,18,19,20). The van der Waals surface area contributed by atoms with E-state index in [2.05, 4.69) is 10.3 Å². The van der Waals surface area contributed by atoms with Gasteiger partial charge in [-0.25, -0.2) is 4.98 Å². The summed E-state index contributed by atoms with van der Waals surface area (Å²) in [6, 6.07) is 8.35. The molecule has 0 unspecified atom stereocenters. The highest BCUT2D eigenvalue weighted by molar-refractivity contribution is 6.03. The Morgan fingerprint density at radius 1 is 1.20 bits per heavy atom. The number of benzene rings is 1. The largest absolute Gasteiger partial charge is 0.416 e. The molecule has 1 heterocycles. The Hall–Kier alpha value is -2.37. The van der Waals surface area contributed by atoms with Gasteiger partial charge in [0.2, 0.25) is 0 Å². The Morgan fingerprint density at radius 3 is 2.55 bits per heavy atom. The second-order valence-electron chi connectivity index (χ2n) is 4.20. The Bertz CT molecular complexity index is 624. The van der Waals surface area contributed by atoms with Gasteiger partial charge in [-0.1, -0.05) is 12.1 Å². The molecule has 0 aliphatic carbocycles. The molecule has 1 N–H and O–H groups in total. The van der Waals surface area contributed by atoms with Gasteiger partial charge in [0.15, 0.2) is 0 Å². The monoisotopic (exact) mass is 280 g/mol. The number of aryl methyl sites for hydroxylation is 1. The minimum Gasteiger partial charge on any atom is -0.307 e. The summed E-state index contributed by atoms with van der Waals surface area (Å²) in [6.45, 7) is 1.35. The summed E-state index contributed by atoms with van der Waals surface area (Å²) in [5, 5.41) is 2.44. The number of carbonyl (C=O) groups excluding carboxylic acids is 1. The number of nitrogens with one attached hydrogen (secondary N) is 1. The van der Waals surface area contributed by atoms with Crippen molar-refractivity contribution in [2.45, 2.75) is 13.1 Å². The van der Waals surface area contributed by atoms with Gasteiger partial charge in [0.25, 0.3) is 5.91 Å². The van der Waals surface area contributed by atoms with Crippen molar-refractivity contribution in [3.63, 3.8) is 0 Å². The molecule has 1 aromatic heterocycles. The van der Waals surface area contributed by atoms with Crippen LogP contribution in [0.25, 0.3) is 0 Å². The molecule has 0 radical (unpaired) electrons. The predicted octanol–water partition coefficient (Wildman–Crippen LogP) is 3.66. The van der Waals surface area contributed by atoms with Gasteiger partial charge in [0, 0.05) is 11.8 Å². The van der Waals surface area contributed by atoms with Crippen molar-refractivity contribution >= 4 is 11.7 Å². The fourth-order valence-corrected chi connectivity index (χ4v) is 1.69. The van der Waals surface area contributed by atoms with Crippen LogP contribution >= 0.6 is 0 Å². The van der Waals surface area contributed by atoms with Crippen molar-refractivity contribution in [1.29, 1.82) is 0 Å². The maximum Gasteiger partial charge on any atom is 0.416 e. The second kappa shape index (κ2) is 5.32. The third-order valence-electron chi connectivity index (χ3n) is 2.71. The van der Waals surface area contributed by atoms with Crippen molar-refractivity contribution in [2.24, 2.45) is 0 Å². The summed E-state index contributed by atoms with van der Waals surface area (Å²) >= 11 is 0. The quantitative estimate of drug-likeness (QED) is 0.912. The molecule has 0 bridgehead atoms. The first kappa shape index (κ1) is 14.0. The van der Waals surface area contributed by atoms with Crippen LogP contribution in [0, 0.1) is 6.92 Å². The van der Waals surface area contributed by atoms with Crippen LogP contribution in [0.1, 0.15) is 21.5 Å². The van der Waals surface area contributed by atoms with Gasteiger partial charge >= 0.3 is 6.18 Å². The normalized spacial score (nSPS) is 11.2. The predicted molar refractivity (Wildman–Crippen MR) is 68.4 cm³/mol. The van der Waals surface area contributed by atoms with Crippen molar-refractivity contribution in [3.8, 4) is 0 Å². The zero-order valence-corrected chi connectivity index (χ0v) is 10.5. The summed E-state index contributed by atoms with van der Waals surface area (Å²) in [7, 11) is 0. The van der Waals surface area contributed by atoms with E-state index in [4.69, 9.17) is 0 Å². The minimum absolute atomic E-state index is 0.0615. The Balaban J connectivity index is 2.27. The molecule has 0 fully saturated rings. The Morgan fingerprint density at radius 2 is 1.95 bits per heavy atom. The van der Waals surface area contributed by atoms with Crippen LogP contribution in [-0.2, 0) is 6.18 Å².